The Morgan fingerprint density at radius 1 is 0.679 bits per heavy atom. The second-order valence-corrected chi connectivity index (χ2v) is 13.2. The molecule has 53 heavy (non-hydrogen) atoms. The summed E-state index contributed by atoms with van der Waals surface area (Å²) in [7, 11) is -10.4. The van der Waals surface area contributed by atoms with Gasteiger partial charge < -0.3 is 35.9 Å². The van der Waals surface area contributed by atoms with Crippen molar-refractivity contribution < 1.29 is 110 Å². The van der Waals surface area contributed by atoms with Crippen LogP contribution in [-0.4, -0.2) is 51.1 Å². The van der Waals surface area contributed by atoms with Crippen LogP contribution >= 0.6 is 0 Å². The van der Waals surface area contributed by atoms with Gasteiger partial charge in [0, 0.05) is 18.2 Å². The van der Waals surface area contributed by atoms with E-state index in [9.17, 15) is 61.5 Å². The number of fused-ring (bicyclic) bond motifs is 1. The molecule has 262 valence electrons. The zero-order chi connectivity index (χ0) is 37.7. The maximum absolute atomic E-state index is 11.9. The third-order valence-corrected chi connectivity index (χ3v) is 8.86. The van der Waals surface area contributed by atoms with Gasteiger partial charge in [-0.3, -0.25) is 20.2 Å². The van der Waals surface area contributed by atoms with E-state index >= 15 is 0 Å². The maximum atomic E-state index is 11.9. The molecule has 0 heterocycles. The molecule has 0 aliphatic rings. The predicted molar refractivity (Wildman–Crippen MR) is 174 cm³/mol. The van der Waals surface area contributed by atoms with Crippen molar-refractivity contribution >= 4 is 76.5 Å². The van der Waals surface area contributed by atoms with E-state index in [4.69, 9.17) is 17.0 Å². The first-order valence-electron chi connectivity index (χ1n) is 13.5. The van der Waals surface area contributed by atoms with Gasteiger partial charge >= 0.3 is 64.8 Å². The molecule has 0 saturated carbocycles. The van der Waals surface area contributed by atoms with Crippen LogP contribution in [0.25, 0.3) is 21.9 Å². The van der Waals surface area contributed by atoms with E-state index in [1.807, 2.05) is 0 Å². The van der Waals surface area contributed by atoms with Crippen LogP contribution in [0.5, 0.6) is 17.2 Å². The Hall–Kier alpha value is -4.82. The van der Waals surface area contributed by atoms with E-state index in [0.717, 1.165) is 42.5 Å². The van der Waals surface area contributed by atoms with Gasteiger partial charge in [-0.15, -0.1) is 10.2 Å². The molecule has 5 rings (SSSR count). The molecule has 0 aromatic heterocycles. The first-order chi connectivity index (χ1) is 23.7. The summed E-state index contributed by atoms with van der Waals surface area (Å²) >= 11 is 0. The average Bonchev–Trinajstić information content (AvgIpc) is 3.02. The van der Waals surface area contributed by atoms with Crippen LogP contribution in [0.2, 0.25) is 0 Å². The molecule has 5 aromatic rings. The molecule has 0 spiro atoms. The van der Waals surface area contributed by atoms with Gasteiger partial charge in [0.2, 0.25) is 11.4 Å². The SMILES string of the molecule is N=[N+](c1cc(N)c([N+](=O)[O-])c(-c2ccc([N+](=O)[O-])c(N)c2)c1)c1c(O)ccc(N=Nc2cc(S(=O)(=O)[O-])cc3cc(S(=O)(=O)[O-])cc(O)c23)c1O.[Na+].[Na+]. The second kappa shape index (κ2) is 15.7. The van der Waals surface area contributed by atoms with E-state index in [0.29, 0.717) is 29.0 Å². The molecule has 0 saturated heterocycles. The maximum Gasteiger partial charge on any atom is 1.00 e. The molecular formula is C28H19N8Na2O13S2+. The van der Waals surface area contributed by atoms with Crippen LogP contribution in [0.1, 0.15) is 0 Å². The Labute approximate surface area is 341 Å². The zero-order valence-corrected chi connectivity index (χ0v) is 32.6. The molecule has 0 amide bonds. The summed E-state index contributed by atoms with van der Waals surface area (Å²) in [6.45, 7) is 0. The number of nitro benzene ring substituents is 2. The smallest absolute Gasteiger partial charge is 0.744 e. The molecule has 5 aromatic carbocycles. The molecule has 0 bridgehead atoms. The number of azo groups is 1. The summed E-state index contributed by atoms with van der Waals surface area (Å²) in [4.78, 5) is 19.6. The number of phenols is 3. The third kappa shape index (κ3) is 8.54. The van der Waals surface area contributed by atoms with E-state index in [1.165, 1.54) is 0 Å². The van der Waals surface area contributed by atoms with Crippen molar-refractivity contribution in [3.63, 3.8) is 0 Å². The Kier molecular flexibility index (Phi) is 12.6. The minimum Gasteiger partial charge on any atom is -0.744 e. The molecule has 0 fully saturated rings. The summed E-state index contributed by atoms with van der Waals surface area (Å²) in [5.41, 5.74) is 16.1. The van der Waals surface area contributed by atoms with Crippen molar-refractivity contribution in [1.82, 2.24) is 4.70 Å². The quantitative estimate of drug-likeness (QED) is 0.0192. The Morgan fingerprint density at radius 3 is 1.81 bits per heavy atom. The van der Waals surface area contributed by atoms with E-state index in [1.54, 1.807) is 0 Å². The molecule has 25 heteroatoms. The van der Waals surface area contributed by atoms with Gasteiger partial charge in [-0.25, -0.2) is 16.8 Å². The summed E-state index contributed by atoms with van der Waals surface area (Å²) in [6.07, 6.45) is 0. The van der Waals surface area contributed by atoms with Gasteiger partial charge in [0.25, 0.3) is 11.4 Å². The third-order valence-electron chi connectivity index (χ3n) is 7.23. The molecule has 0 radical (unpaired) electrons. The number of rotatable bonds is 9. The average molecular weight is 786 g/mol. The number of phenolic OH excluding ortho intramolecular Hbond substituents is 3. The second-order valence-electron chi connectivity index (χ2n) is 10.4. The van der Waals surface area contributed by atoms with Gasteiger partial charge in [-0.1, -0.05) is 0 Å². The van der Waals surface area contributed by atoms with Crippen LogP contribution in [-0.2, 0) is 20.2 Å². The van der Waals surface area contributed by atoms with E-state index in [-0.39, 0.29) is 87.0 Å². The van der Waals surface area contributed by atoms with Crippen molar-refractivity contribution in [2.24, 2.45) is 10.2 Å². The summed E-state index contributed by atoms with van der Waals surface area (Å²) in [5.74, 6) is -2.57. The van der Waals surface area contributed by atoms with Crippen molar-refractivity contribution in [3.05, 3.63) is 87.0 Å². The first-order valence-corrected chi connectivity index (χ1v) is 16.3. The van der Waals surface area contributed by atoms with Gasteiger partial charge in [0.15, 0.2) is 5.75 Å². The molecule has 0 aliphatic carbocycles. The molecule has 0 atom stereocenters. The minimum absolute atomic E-state index is 0. The van der Waals surface area contributed by atoms with Crippen LogP contribution in [0.3, 0.4) is 0 Å². The number of nitrogens with two attached hydrogens (primary N) is 2. The Morgan fingerprint density at radius 2 is 1.26 bits per heavy atom. The number of hydrogen-bond acceptors (Lipinski definition) is 18. The number of aromatic hydroxyl groups is 3. The van der Waals surface area contributed by atoms with Crippen LogP contribution in [0.4, 0.5) is 45.5 Å². The van der Waals surface area contributed by atoms with Gasteiger partial charge in [0.05, 0.1) is 36.3 Å². The van der Waals surface area contributed by atoms with E-state index < -0.39 is 96.6 Å². The number of hydrogen-bond donors (Lipinski definition) is 6. The Bertz CT molecular complexity index is 2640. The fraction of sp³-hybridized carbons (Fsp3) is 0. The number of nitrogens with zero attached hydrogens (tertiary/aromatic N) is 5. The first kappa shape index (κ1) is 42.6. The zero-order valence-electron chi connectivity index (χ0n) is 27.0. The molecule has 0 unspecified atom stereocenters. The van der Waals surface area contributed by atoms with Gasteiger partial charge in [0.1, 0.15) is 43.0 Å². The summed E-state index contributed by atoms with van der Waals surface area (Å²) < 4.78 is 70.5. The number of nitrogens with one attached hydrogen (secondary N) is 1. The fourth-order valence-corrected chi connectivity index (χ4v) is 6.02. The number of benzene rings is 5. The van der Waals surface area contributed by atoms with E-state index in [2.05, 4.69) is 10.2 Å². The molecule has 0 aliphatic heterocycles. The fourth-order valence-electron chi connectivity index (χ4n) is 4.96. The number of nitrogen functional groups attached to an aromatic ring is 2. The van der Waals surface area contributed by atoms with Crippen molar-refractivity contribution in [3.8, 4) is 28.4 Å². The Balaban J connectivity index is 0.00000378. The van der Waals surface area contributed by atoms with Gasteiger partial charge in [-0.05, 0) is 69.7 Å². The van der Waals surface area contributed by atoms with Gasteiger partial charge in [-0.2, -0.15) is 0 Å². The van der Waals surface area contributed by atoms with Crippen molar-refractivity contribution in [1.29, 1.82) is 5.53 Å². The van der Waals surface area contributed by atoms with Crippen molar-refractivity contribution in [2.45, 2.75) is 9.79 Å². The molecule has 21 nitrogen and oxygen atoms in total. The standard InChI is InChI=1S/C28H20N8O13S2.2Na/c29-18-7-12(1-3-22(18)35(40)41)17-8-14(9-19(30)26(17)36(42)43)34(31)27-23(37)4-2-20(28(27)39)32-33-21-10-15(50(44,45)46)5-13-6-16(51(47,48)49)11-24(38)25(13)21;;/h1-11H,29-30H2,(H5-,31,33,37,38,39,44,45,46,47,48,49);;/q;2*+1/p-1. The predicted octanol–water partition coefficient (Wildman–Crippen LogP) is -1.30. The molecule has 8 N–H and O–H groups in total. The summed E-state index contributed by atoms with van der Waals surface area (Å²) in [6, 6.07) is 9.75. The van der Waals surface area contributed by atoms with Crippen LogP contribution < -0.4 is 75.3 Å². The topological polar surface area (TPSA) is 365 Å². The normalized spacial score (nSPS) is 11.5. The molecular weight excluding hydrogens is 766 g/mol. The largest absolute Gasteiger partial charge is 1.00 e. The van der Waals surface area contributed by atoms with Crippen LogP contribution in [0, 0.1) is 25.8 Å². The number of anilines is 2. The van der Waals surface area contributed by atoms with Crippen molar-refractivity contribution in [2.75, 3.05) is 11.5 Å². The monoisotopic (exact) mass is 785 g/mol. The van der Waals surface area contributed by atoms with Crippen LogP contribution in [0.15, 0.2) is 86.7 Å². The number of nitro groups is 2. The summed E-state index contributed by atoms with van der Waals surface area (Å²) in [5, 5.41) is 62.1. The minimum atomic E-state index is -5.23.